The number of benzene rings is 2. The molecule has 0 saturated carbocycles. The first kappa shape index (κ1) is 14.3. The molecule has 2 rings (SSSR count). The van der Waals surface area contributed by atoms with Crippen molar-refractivity contribution >= 4 is 11.6 Å². The normalized spacial score (nSPS) is 10.1. The van der Waals surface area contributed by atoms with Crippen molar-refractivity contribution in [3.8, 4) is 11.8 Å². The van der Waals surface area contributed by atoms with Gasteiger partial charge in [-0.3, -0.25) is 0 Å². The monoisotopic (exact) mass is 293 g/mol. The fraction of sp³-hybridized carbons (Fsp3) is 0.133. The molecule has 0 heterocycles. The number of para-hydroxylation sites is 1. The molecule has 5 heteroatoms. The van der Waals surface area contributed by atoms with E-state index in [1.165, 1.54) is 24.3 Å². The topological polar surface area (TPSA) is 33.0 Å². The SMILES string of the molecule is N#Cc1cc(COc2c(F)cccc2CCl)ccc1F. The molecule has 0 radical (unpaired) electrons. The third-order valence-electron chi connectivity index (χ3n) is 2.73. The van der Waals surface area contributed by atoms with Gasteiger partial charge in [-0.25, -0.2) is 8.78 Å². The van der Waals surface area contributed by atoms with Crippen LogP contribution in [0.2, 0.25) is 0 Å². The Morgan fingerprint density at radius 2 is 1.95 bits per heavy atom. The van der Waals surface area contributed by atoms with Gasteiger partial charge < -0.3 is 4.74 Å². The quantitative estimate of drug-likeness (QED) is 0.793. The highest BCUT2D eigenvalue weighted by Crippen LogP contribution is 2.25. The predicted molar refractivity (Wildman–Crippen MR) is 71.4 cm³/mol. The van der Waals surface area contributed by atoms with Crippen LogP contribution in [0.4, 0.5) is 8.78 Å². The Kier molecular flexibility index (Phi) is 4.54. The first-order chi connectivity index (χ1) is 9.65. The molecule has 2 aromatic rings. The molecule has 0 fully saturated rings. The summed E-state index contributed by atoms with van der Waals surface area (Å²) in [5.41, 5.74) is 1.04. The van der Waals surface area contributed by atoms with Crippen molar-refractivity contribution in [2.24, 2.45) is 0 Å². The lowest BCUT2D eigenvalue weighted by Gasteiger charge is -2.11. The van der Waals surface area contributed by atoms with Crippen LogP contribution in [0, 0.1) is 23.0 Å². The van der Waals surface area contributed by atoms with E-state index >= 15 is 0 Å². The van der Waals surface area contributed by atoms with Crippen molar-refractivity contribution in [1.82, 2.24) is 0 Å². The van der Waals surface area contributed by atoms with Crippen LogP contribution in [-0.2, 0) is 12.5 Å². The summed E-state index contributed by atoms with van der Waals surface area (Å²) in [6.07, 6.45) is 0. The van der Waals surface area contributed by atoms with E-state index in [-0.39, 0.29) is 23.8 Å². The molecule has 102 valence electrons. The number of hydrogen-bond donors (Lipinski definition) is 0. The summed E-state index contributed by atoms with van der Waals surface area (Å²) < 4.78 is 32.2. The van der Waals surface area contributed by atoms with Gasteiger partial charge in [-0.2, -0.15) is 5.26 Å². The van der Waals surface area contributed by atoms with Crippen LogP contribution in [0.3, 0.4) is 0 Å². The molecule has 0 aliphatic carbocycles. The summed E-state index contributed by atoms with van der Waals surface area (Å²) in [6.45, 7) is 0.0276. The number of ether oxygens (including phenoxy) is 1. The molecule has 0 aliphatic rings. The first-order valence-corrected chi connectivity index (χ1v) is 6.34. The molecule has 2 nitrogen and oxygen atoms in total. The Bertz CT molecular complexity index is 667. The van der Waals surface area contributed by atoms with Gasteiger partial charge in [0.1, 0.15) is 18.5 Å². The standard InChI is InChI=1S/C15H10ClF2NO/c16-7-11-2-1-3-14(18)15(11)20-9-10-4-5-13(17)12(6-10)8-19/h1-6H,7,9H2. The maximum Gasteiger partial charge on any atom is 0.165 e. The zero-order valence-electron chi connectivity index (χ0n) is 10.4. The Hall–Kier alpha value is -2.12. The summed E-state index contributed by atoms with van der Waals surface area (Å²) in [6, 6.07) is 10.3. The van der Waals surface area contributed by atoms with E-state index in [4.69, 9.17) is 21.6 Å². The van der Waals surface area contributed by atoms with Crippen LogP contribution in [-0.4, -0.2) is 0 Å². The predicted octanol–water partition coefficient (Wildman–Crippen LogP) is 4.15. The molecular weight excluding hydrogens is 284 g/mol. The van der Waals surface area contributed by atoms with Gasteiger partial charge >= 0.3 is 0 Å². The lowest BCUT2D eigenvalue weighted by atomic mass is 10.1. The maximum absolute atomic E-state index is 13.7. The van der Waals surface area contributed by atoms with Gasteiger partial charge in [0.2, 0.25) is 0 Å². The zero-order chi connectivity index (χ0) is 14.5. The number of halogens is 3. The molecule has 0 spiro atoms. The molecule has 2 aromatic carbocycles. The Balaban J connectivity index is 2.19. The van der Waals surface area contributed by atoms with Gasteiger partial charge in [0.15, 0.2) is 11.6 Å². The Labute approximate surface area is 120 Å². The van der Waals surface area contributed by atoms with E-state index in [0.717, 1.165) is 0 Å². The van der Waals surface area contributed by atoms with Crippen molar-refractivity contribution in [3.63, 3.8) is 0 Å². The number of alkyl halides is 1. The first-order valence-electron chi connectivity index (χ1n) is 5.80. The van der Waals surface area contributed by atoms with Crippen molar-refractivity contribution in [1.29, 1.82) is 5.26 Å². The highest BCUT2D eigenvalue weighted by molar-refractivity contribution is 6.17. The van der Waals surface area contributed by atoms with Crippen molar-refractivity contribution in [3.05, 3.63) is 64.7 Å². The van der Waals surface area contributed by atoms with Gasteiger partial charge in [0.25, 0.3) is 0 Å². The van der Waals surface area contributed by atoms with E-state index in [9.17, 15) is 8.78 Å². The fourth-order valence-electron chi connectivity index (χ4n) is 1.72. The highest BCUT2D eigenvalue weighted by atomic mass is 35.5. The van der Waals surface area contributed by atoms with Gasteiger partial charge in [0.05, 0.1) is 11.4 Å². The Morgan fingerprint density at radius 3 is 2.65 bits per heavy atom. The molecule has 0 saturated heterocycles. The zero-order valence-corrected chi connectivity index (χ0v) is 11.1. The fourth-order valence-corrected chi connectivity index (χ4v) is 1.93. The highest BCUT2D eigenvalue weighted by Gasteiger charge is 2.10. The van der Waals surface area contributed by atoms with E-state index in [1.807, 2.05) is 0 Å². The summed E-state index contributed by atoms with van der Waals surface area (Å²) >= 11 is 5.71. The average Bonchev–Trinajstić information content (AvgIpc) is 2.47. The number of hydrogen-bond acceptors (Lipinski definition) is 2. The molecule has 0 amide bonds. The summed E-state index contributed by atoms with van der Waals surface area (Å²) in [5.74, 6) is -0.903. The summed E-state index contributed by atoms with van der Waals surface area (Å²) in [5, 5.41) is 8.75. The van der Waals surface area contributed by atoms with Crippen LogP contribution >= 0.6 is 11.6 Å². The van der Waals surface area contributed by atoms with Gasteiger partial charge in [-0.05, 0) is 23.8 Å². The average molecular weight is 294 g/mol. The largest absolute Gasteiger partial charge is 0.485 e. The molecule has 0 N–H and O–H groups in total. The van der Waals surface area contributed by atoms with Crippen LogP contribution in [0.15, 0.2) is 36.4 Å². The second-order valence-electron chi connectivity index (χ2n) is 4.08. The third-order valence-corrected chi connectivity index (χ3v) is 3.01. The maximum atomic E-state index is 13.7. The van der Waals surface area contributed by atoms with Crippen molar-refractivity contribution in [2.45, 2.75) is 12.5 Å². The lowest BCUT2D eigenvalue weighted by Crippen LogP contribution is -2.01. The smallest absolute Gasteiger partial charge is 0.165 e. The number of nitriles is 1. The molecule has 0 aromatic heterocycles. The van der Waals surface area contributed by atoms with Crippen LogP contribution in [0.1, 0.15) is 16.7 Å². The van der Waals surface area contributed by atoms with Crippen molar-refractivity contribution < 1.29 is 13.5 Å². The van der Waals surface area contributed by atoms with E-state index in [2.05, 4.69) is 0 Å². The van der Waals surface area contributed by atoms with Gasteiger partial charge in [-0.1, -0.05) is 18.2 Å². The van der Waals surface area contributed by atoms with E-state index in [1.54, 1.807) is 18.2 Å². The minimum atomic E-state index is -0.594. The molecule has 20 heavy (non-hydrogen) atoms. The van der Waals surface area contributed by atoms with Crippen molar-refractivity contribution in [2.75, 3.05) is 0 Å². The van der Waals surface area contributed by atoms with Crippen LogP contribution in [0.5, 0.6) is 5.75 Å². The van der Waals surface area contributed by atoms with Gasteiger partial charge in [-0.15, -0.1) is 11.6 Å². The molecule has 0 atom stereocenters. The number of nitrogens with zero attached hydrogens (tertiary/aromatic N) is 1. The van der Waals surface area contributed by atoms with E-state index < -0.39 is 11.6 Å². The second kappa shape index (κ2) is 6.36. The molecular formula is C15H10ClF2NO. The second-order valence-corrected chi connectivity index (χ2v) is 4.34. The molecule has 0 unspecified atom stereocenters. The van der Waals surface area contributed by atoms with Crippen LogP contribution < -0.4 is 4.74 Å². The minimum Gasteiger partial charge on any atom is -0.485 e. The minimum absolute atomic E-state index is 0.0276. The third kappa shape index (κ3) is 3.06. The number of rotatable bonds is 4. The van der Waals surface area contributed by atoms with Gasteiger partial charge in [0, 0.05) is 5.56 Å². The van der Waals surface area contributed by atoms with Crippen LogP contribution in [0.25, 0.3) is 0 Å². The molecule has 0 bridgehead atoms. The molecule has 0 aliphatic heterocycles. The Morgan fingerprint density at radius 1 is 1.15 bits per heavy atom. The lowest BCUT2D eigenvalue weighted by molar-refractivity contribution is 0.287. The summed E-state index contributed by atoms with van der Waals surface area (Å²) in [4.78, 5) is 0. The summed E-state index contributed by atoms with van der Waals surface area (Å²) in [7, 11) is 0. The van der Waals surface area contributed by atoms with E-state index in [0.29, 0.717) is 11.1 Å².